The molecule has 0 unspecified atom stereocenters. The van der Waals surface area contributed by atoms with E-state index in [1.807, 2.05) is 6.07 Å². The summed E-state index contributed by atoms with van der Waals surface area (Å²) in [7, 11) is 0. The zero-order valence-electron chi connectivity index (χ0n) is 11.4. The second-order valence-electron chi connectivity index (χ2n) is 5.46. The summed E-state index contributed by atoms with van der Waals surface area (Å²) in [6, 6.07) is 6.25. The predicted molar refractivity (Wildman–Crippen MR) is 79.4 cm³/mol. The highest BCUT2D eigenvalue weighted by molar-refractivity contribution is 6.31. The summed E-state index contributed by atoms with van der Waals surface area (Å²) >= 11 is 6.36. The molecule has 1 aromatic carbocycles. The number of nitrogens with zero attached hydrogens (tertiary/aromatic N) is 1. The van der Waals surface area contributed by atoms with Crippen molar-refractivity contribution in [2.45, 2.75) is 33.2 Å². The summed E-state index contributed by atoms with van der Waals surface area (Å²) < 4.78 is 0. The van der Waals surface area contributed by atoms with Crippen LogP contribution in [-0.2, 0) is 6.54 Å². The molecule has 0 amide bonds. The van der Waals surface area contributed by atoms with E-state index in [-0.39, 0.29) is 0 Å². The Bertz CT molecular complexity index is 384. The summed E-state index contributed by atoms with van der Waals surface area (Å²) in [6.45, 7) is 8.67. The Morgan fingerprint density at radius 1 is 1.28 bits per heavy atom. The summed E-state index contributed by atoms with van der Waals surface area (Å²) in [6.07, 6.45) is 2.59. The van der Waals surface area contributed by atoms with E-state index in [0.717, 1.165) is 31.2 Å². The van der Waals surface area contributed by atoms with Crippen LogP contribution < -0.4 is 10.2 Å². The molecule has 100 valence electrons. The number of nitrogens with one attached hydrogen (secondary N) is 1. The van der Waals surface area contributed by atoms with Gasteiger partial charge in [0.15, 0.2) is 0 Å². The van der Waals surface area contributed by atoms with Crippen molar-refractivity contribution in [2.24, 2.45) is 5.92 Å². The molecule has 0 saturated carbocycles. The summed E-state index contributed by atoms with van der Waals surface area (Å²) in [5.41, 5.74) is 2.57. The highest BCUT2D eigenvalue weighted by Crippen LogP contribution is 2.29. The van der Waals surface area contributed by atoms with Crippen molar-refractivity contribution in [3.63, 3.8) is 0 Å². The number of benzene rings is 1. The van der Waals surface area contributed by atoms with Crippen LogP contribution in [0.5, 0.6) is 0 Å². The number of anilines is 1. The van der Waals surface area contributed by atoms with Crippen molar-refractivity contribution in [3.8, 4) is 0 Å². The van der Waals surface area contributed by atoms with Gasteiger partial charge in [0, 0.05) is 35.9 Å². The fraction of sp³-hybridized carbons (Fsp3) is 0.600. The number of rotatable bonds is 5. The SMILES string of the molecule is CC(C)CNCc1c(Cl)cccc1N1CCCC1. The van der Waals surface area contributed by atoms with E-state index >= 15 is 0 Å². The summed E-state index contributed by atoms with van der Waals surface area (Å²) in [4.78, 5) is 2.46. The number of hydrogen-bond donors (Lipinski definition) is 1. The minimum atomic E-state index is 0.669. The number of hydrogen-bond acceptors (Lipinski definition) is 2. The first-order chi connectivity index (χ1) is 8.68. The molecule has 0 radical (unpaired) electrons. The maximum absolute atomic E-state index is 6.36. The Balaban J connectivity index is 2.10. The van der Waals surface area contributed by atoms with Crippen LogP contribution in [0.25, 0.3) is 0 Å². The van der Waals surface area contributed by atoms with Crippen LogP contribution in [0.4, 0.5) is 5.69 Å². The third-order valence-electron chi connectivity index (χ3n) is 3.40. The minimum absolute atomic E-state index is 0.669. The van der Waals surface area contributed by atoms with E-state index in [1.165, 1.54) is 24.1 Å². The fourth-order valence-electron chi connectivity index (χ4n) is 2.46. The molecule has 3 heteroatoms. The quantitative estimate of drug-likeness (QED) is 0.875. The van der Waals surface area contributed by atoms with Crippen LogP contribution in [-0.4, -0.2) is 19.6 Å². The fourth-order valence-corrected chi connectivity index (χ4v) is 2.70. The molecule has 1 aliphatic rings. The van der Waals surface area contributed by atoms with Crippen molar-refractivity contribution in [1.82, 2.24) is 5.32 Å². The molecule has 0 atom stereocenters. The molecule has 1 saturated heterocycles. The maximum atomic E-state index is 6.36. The lowest BCUT2D eigenvalue weighted by molar-refractivity contribution is 0.552. The normalized spacial score (nSPS) is 15.7. The van der Waals surface area contributed by atoms with E-state index in [9.17, 15) is 0 Å². The summed E-state index contributed by atoms with van der Waals surface area (Å²) in [5, 5.41) is 4.38. The standard InChI is InChI=1S/C15H23ClN2/c1-12(2)10-17-11-13-14(16)6-5-7-15(13)18-8-3-4-9-18/h5-7,12,17H,3-4,8-11H2,1-2H3. The van der Waals surface area contributed by atoms with Crippen molar-refractivity contribution >= 4 is 17.3 Å². The van der Waals surface area contributed by atoms with Gasteiger partial charge >= 0.3 is 0 Å². The van der Waals surface area contributed by atoms with Gasteiger partial charge in [0.05, 0.1) is 0 Å². The van der Waals surface area contributed by atoms with Crippen LogP contribution in [0.2, 0.25) is 5.02 Å². The zero-order chi connectivity index (χ0) is 13.0. The molecular formula is C15H23ClN2. The van der Waals surface area contributed by atoms with Gasteiger partial charge in [0.25, 0.3) is 0 Å². The Kier molecular flexibility index (Phi) is 4.90. The largest absolute Gasteiger partial charge is 0.371 e. The molecule has 2 nitrogen and oxygen atoms in total. The van der Waals surface area contributed by atoms with Crippen LogP contribution in [0.3, 0.4) is 0 Å². The first-order valence-corrected chi connectivity index (χ1v) is 7.29. The van der Waals surface area contributed by atoms with Crippen molar-refractivity contribution in [2.75, 3.05) is 24.5 Å². The van der Waals surface area contributed by atoms with Gasteiger partial charge in [0.2, 0.25) is 0 Å². The Labute approximate surface area is 115 Å². The van der Waals surface area contributed by atoms with Gasteiger partial charge in [-0.15, -0.1) is 0 Å². The molecule has 0 aliphatic carbocycles. The molecule has 1 aliphatic heterocycles. The molecule has 18 heavy (non-hydrogen) atoms. The first kappa shape index (κ1) is 13.7. The Hall–Kier alpha value is -0.730. The average Bonchev–Trinajstić information content (AvgIpc) is 2.84. The second-order valence-corrected chi connectivity index (χ2v) is 5.86. The van der Waals surface area contributed by atoms with Gasteiger partial charge in [0.1, 0.15) is 0 Å². The van der Waals surface area contributed by atoms with Crippen LogP contribution in [0, 0.1) is 5.92 Å². The van der Waals surface area contributed by atoms with E-state index < -0.39 is 0 Å². The van der Waals surface area contributed by atoms with Gasteiger partial charge in [-0.05, 0) is 37.4 Å². The van der Waals surface area contributed by atoms with E-state index in [2.05, 4.69) is 36.2 Å². The van der Waals surface area contributed by atoms with E-state index in [4.69, 9.17) is 11.6 Å². The minimum Gasteiger partial charge on any atom is -0.371 e. The van der Waals surface area contributed by atoms with Crippen LogP contribution >= 0.6 is 11.6 Å². The molecule has 1 N–H and O–H groups in total. The average molecular weight is 267 g/mol. The molecular weight excluding hydrogens is 244 g/mol. The topological polar surface area (TPSA) is 15.3 Å². The Morgan fingerprint density at radius 3 is 2.67 bits per heavy atom. The molecule has 2 rings (SSSR count). The van der Waals surface area contributed by atoms with Crippen LogP contribution in [0.1, 0.15) is 32.3 Å². The lowest BCUT2D eigenvalue weighted by Crippen LogP contribution is -2.23. The molecule has 0 aromatic heterocycles. The molecule has 1 aromatic rings. The molecule has 0 bridgehead atoms. The Morgan fingerprint density at radius 2 is 2.00 bits per heavy atom. The summed E-state index contributed by atoms with van der Waals surface area (Å²) in [5.74, 6) is 0.669. The maximum Gasteiger partial charge on any atom is 0.0471 e. The first-order valence-electron chi connectivity index (χ1n) is 6.91. The van der Waals surface area contributed by atoms with Gasteiger partial charge in [-0.25, -0.2) is 0 Å². The van der Waals surface area contributed by atoms with E-state index in [0.29, 0.717) is 5.92 Å². The lowest BCUT2D eigenvalue weighted by atomic mass is 10.1. The molecule has 1 fully saturated rings. The predicted octanol–water partition coefficient (Wildman–Crippen LogP) is 3.69. The van der Waals surface area contributed by atoms with Crippen molar-refractivity contribution < 1.29 is 0 Å². The zero-order valence-corrected chi connectivity index (χ0v) is 12.1. The van der Waals surface area contributed by atoms with Gasteiger partial charge in [-0.1, -0.05) is 31.5 Å². The third kappa shape index (κ3) is 3.39. The van der Waals surface area contributed by atoms with E-state index in [1.54, 1.807) is 0 Å². The molecule has 1 heterocycles. The highest BCUT2D eigenvalue weighted by Gasteiger charge is 2.17. The lowest BCUT2D eigenvalue weighted by Gasteiger charge is -2.22. The van der Waals surface area contributed by atoms with Crippen LogP contribution in [0.15, 0.2) is 18.2 Å². The second kappa shape index (κ2) is 6.44. The monoisotopic (exact) mass is 266 g/mol. The highest BCUT2D eigenvalue weighted by atomic mass is 35.5. The number of halogens is 1. The smallest absolute Gasteiger partial charge is 0.0471 e. The van der Waals surface area contributed by atoms with Gasteiger partial charge in [-0.2, -0.15) is 0 Å². The van der Waals surface area contributed by atoms with Crippen molar-refractivity contribution in [3.05, 3.63) is 28.8 Å². The van der Waals surface area contributed by atoms with Gasteiger partial charge in [-0.3, -0.25) is 0 Å². The van der Waals surface area contributed by atoms with Gasteiger partial charge < -0.3 is 10.2 Å². The van der Waals surface area contributed by atoms with Crippen molar-refractivity contribution in [1.29, 1.82) is 0 Å². The molecule has 0 spiro atoms. The third-order valence-corrected chi connectivity index (χ3v) is 3.75.